The molecule has 0 radical (unpaired) electrons. The van der Waals surface area contributed by atoms with Gasteiger partial charge in [0.2, 0.25) is 10.0 Å². The highest BCUT2D eigenvalue weighted by molar-refractivity contribution is 7.88. The number of ether oxygens (including phenoxy) is 1. The van der Waals surface area contributed by atoms with Crippen molar-refractivity contribution >= 4 is 21.4 Å². The summed E-state index contributed by atoms with van der Waals surface area (Å²) in [6, 6.07) is 0.601. The Morgan fingerprint density at radius 2 is 2.28 bits per heavy atom. The second-order valence-electron chi connectivity index (χ2n) is 4.37. The summed E-state index contributed by atoms with van der Waals surface area (Å²) in [5.74, 6) is -0.211. The molecule has 1 fully saturated rings. The lowest BCUT2D eigenvalue weighted by Gasteiger charge is -2.02. The summed E-state index contributed by atoms with van der Waals surface area (Å²) >= 11 is 1.38. The second-order valence-corrected chi connectivity index (χ2v) is 7.16. The molecule has 2 rings (SSSR count). The van der Waals surface area contributed by atoms with Gasteiger partial charge in [0.25, 0.3) is 0 Å². The van der Waals surface area contributed by atoms with E-state index in [9.17, 15) is 8.42 Å². The highest BCUT2D eigenvalue weighted by Gasteiger charge is 2.22. The van der Waals surface area contributed by atoms with Crippen LogP contribution in [0.25, 0.3) is 0 Å². The highest BCUT2D eigenvalue weighted by atomic mass is 32.2. The molecule has 1 aliphatic rings. The summed E-state index contributed by atoms with van der Waals surface area (Å²) in [5.41, 5.74) is 0.800. The fraction of sp³-hybridized carbons (Fsp3) is 0.700. The SMILES string of the molecule is COCc1nc(CS(N)(=O)=O)sc1CNC1CC1. The Balaban J connectivity index is 2.08. The predicted octanol–water partition coefficient (Wildman–Crippen LogP) is 0.330. The van der Waals surface area contributed by atoms with Gasteiger partial charge >= 0.3 is 0 Å². The minimum atomic E-state index is -3.53. The molecule has 6 nitrogen and oxygen atoms in total. The zero-order chi connectivity index (χ0) is 13.2. The van der Waals surface area contributed by atoms with Gasteiger partial charge < -0.3 is 10.1 Å². The largest absolute Gasteiger partial charge is 0.378 e. The van der Waals surface area contributed by atoms with Gasteiger partial charge in [-0.15, -0.1) is 11.3 Å². The minimum absolute atomic E-state index is 0.211. The molecule has 1 aromatic heterocycles. The molecule has 3 N–H and O–H groups in total. The van der Waals surface area contributed by atoms with Crippen molar-refractivity contribution in [1.82, 2.24) is 10.3 Å². The van der Waals surface area contributed by atoms with E-state index in [0.717, 1.165) is 10.6 Å². The summed E-state index contributed by atoms with van der Waals surface area (Å²) in [6.45, 7) is 1.11. The van der Waals surface area contributed by atoms with E-state index in [1.165, 1.54) is 24.2 Å². The average molecular weight is 291 g/mol. The third kappa shape index (κ3) is 4.29. The van der Waals surface area contributed by atoms with Crippen LogP contribution in [0.3, 0.4) is 0 Å². The normalized spacial score (nSPS) is 16.1. The summed E-state index contributed by atoms with van der Waals surface area (Å²) < 4.78 is 27.2. The number of primary sulfonamides is 1. The fourth-order valence-corrected chi connectivity index (χ4v) is 3.54. The molecule has 1 saturated carbocycles. The van der Waals surface area contributed by atoms with Gasteiger partial charge in [0, 0.05) is 24.6 Å². The number of hydrogen-bond acceptors (Lipinski definition) is 6. The first-order chi connectivity index (χ1) is 8.48. The molecule has 1 heterocycles. The first-order valence-electron chi connectivity index (χ1n) is 5.68. The Hall–Kier alpha value is -0.540. The molecule has 8 heteroatoms. The van der Waals surface area contributed by atoms with Crippen molar-refractivity contribution < 1.29 is 13.2 Å². The number of hydrogen-bond donors (Lipinski definition) is 2. The smallest absolute Gasteiger partial charge is 0.215 e. The van der Waals surface area contributed by atoms with Crippen LogP contribution in [0.5, 0.6) is 0 Å². The third-order valence-corrected chi connectivity index (χ3v) is 4.51. The zero-order valence-electron chi connectivity index (χ0n) is 10.2. The van der Waals surface area contributed by atoms with Gasteiger partial charge in [0.1, 0.15) is 10.8 Å². The Bertz CT molecular complexity index is 508. The number of thiazole rings is 1. The summed E-state index contributed by atoms with van der Waals surface area (Å²) in [6.07, 6.45) is 2.42. The molecule has 0 spiro atoms. The average Bonchev–Trinajstić information content (AvgIpc) is 2.99. The predicted molar refractivity (Wildman–Crippen MR) is 69.5 cm³/mol. The second kappa shape index (κ2) is 5.62. The molecular formula is C10H17N3O3S2. The van der Waals surface area contributed by atoms with Gasteiger partial charge in [-0.2, -0.15) is 0 Å². The summed E-state index contributed by atoms with van der Waals surface area (Å²) in [4.78, 5) is 5.31. The topological polar surface area (TPSA) is 94.3 Å². The third-order valence-electron chi connectivity index (χ3n) is 2.56. The highest BCUT2D eigenvalue weighted by Crippen LogP contribution is 2.24. The van der Waals surface area contributed by atoms with Gasteiger partial charge in [-0.05, 0) is 12.8 Å². The molecular weight excluding hydrogens is 274 g/mol. The van der Waals surface area contributed by atoms with Crippen LogP contribution in [0, 0.1) is 0 Å². The number of rotatable bonds is 7. The lowest BCUT2D eigenvalue weighted by Crippen LogP contribution is -2.15. The Morgan fingerprint density at radius 1 is 1.56 bits per heavy atom. The first kappa shape index (κ1) is 13.9. The zero-order valence-corrected chi connectivity index (χ0v) is 11.8. The molecule has 102 valence electrons. The van der Waals surface area contributed by atoms with Crippen molar-refractivity contribution in [3.05, 3.63) is 15.6 Å². The standard InChI is InChI=1S/C10H17N3O3S2/c1-16-5-8-9(4-12-7-2-3-7)17-10(13-8)6-18(11,14)15/h7,12H,2-6H2,1H3,(H2,11,14,15). The van der Waals surface area contributed by atoms with Gasteiger partial charge in [-0.25, -0.2) is 18.5 Å². The molecule has 0 aromatic carbocycles. The Kier molecular flexibility index (Phi) is 4.33. The maximum absolute atomic E-state index is 11.1. The van der Waals surface area contributed by atoms with Crippen LogP contribution in [0.1, 0.15) is 28.4 Å². The van der Waals surface area contributed by atoms with Crippen LogP contribution < -0.4 is 10.5 Å². The van der Waals surface area contributed by atoms with Crippen LogP contribution in [0.15, 0.2) is 0 Å². The van der Waals surface area contributed by atoms with Crippen molar-refractivity contribution in [3.63, 3.8) is 0 Å². The van der Waals surface area contributed by atoms with Crippen LogP contribution in [0.2, 0.25) is 0 Å². The van der Waals surface area contributed by atoms with E-state index in [0.29, 0.717) is 24.2 Å². The van der Waals surface area contributed by atoms with Crippen molar-refractivity contribution in [3.8, 4) is 0 Å². The summed E-state index contributed by atoms with van der Waals surface area (Å²) in [7, 11) is -1.93. The van der Waals surface area contributed by atoms with Crippen LogP contribution in [0.4, 0.5) is 0 Å². The van der Waals surface area contributed by atoms with E-state index in [-0.39, 0.29) is 5.75 Å². The van der Waals surface area contributed by atoms with Crippen molar-refractivity contribution in [2.45, 2.75) is 37.8 Å². The Morgan fingerprint density at radius 3 is 2.83 bits per heavy atom. The molecule has 0 amide bonds. The van der Waals surface area contributed by atoms with E-state index in [2.05, 4.69) is 10.3 Å². The van der Waals surface area contributed by atoms with Crippen LogP contribution in [-0.4, -0.2) is 26.6 Å². The van der Waals surface area contributed by atoms with Gasteiger partial charge in [-0.1, -0.05) is 0 Å². The molecule has 1 aliphatic carbocycles. The maximum atomic E-state index is 11.1. The van der Waals surface area contributed by atoms with Crippen molar-refractivity contribution in [1.29, 1.82) is 0 Å². The van der Waals surface area contributed by atoms with Gasteiger partial charge in [0.15, 0.2) is 0 Å². The monoisotopic (exact) mass is 291 g/mol. The van der Waals surface area contributed by atoms with Gasteiger partial charge in [0.05, 0.1) is 12.3 Å². The quantitative estimate of drug-likeness (QED) is 0.755. The number of methoxy groups -OCH3 is 1. The molecule has 0 aliphatic heterocycles. The fourth-order valence-electron chi connectivity index (χ4n) is 1.58. The van der Waals surface area contributed by atoms with Crippen LogP contribution >= 0.6 is 11.3 Å². The van der Waals surface area contributed by atoms with Crippen LogP contribution in [-0.2, 0) is 33.7 Å². The van der Waals surface area contributed by atoms with E-state index in [4.69, 9.17) is 9.88 Å². The van der Waals surface area contributed by atoms with Crippen molar-refractivity contribution in [2.75, 3.05) is 7.11 Å². The Labute approximate surface area is 111 Å². The number of nitrogens with one attached hydrogen (secondary N) is 1. The molecule has 0 atom stereocenters. The van der Waals surface area contributed by atoms with E-state index < -0.39 is 10.0 Å². The first-order valence-corrected chi connectivity index (χ1v) is 8.21. The molecule has 1 aromatic rings. The van der Waals surface area contributed by atoms with Gasteiger partial charge in [-0.3, -0.25) is 0 Å². The molecule has 18 heavy (non-hydrogen) atoms. The van der Waals surface area contributed by atoms with E-state index in [1.54, 1.807) is 7.11 Å². The molecule has 0 saturated heterocycles. The lowest BCUT2D eigenvalue weighted by molar-refractivity contribution is 0.181. The molecule has 0 bridgehead atoms. The van der Waals surface area contributed by atoms with E-state index >= 15 is 0 Å². The summed E-state index contributed by atoms with van der Waals surface area (Å²) in [5, 5.41) is 8.93. The maximum Gasteiger partial charge on any atom is 0.215 e. The molecule has 0 unspecified atom stereocenters. The van der Waals surface area contributed by atoms with Crippen molar-refractivity contribution in [2.24, 2.45) is 5.14 Å². The lowest BCUT2D eigenvalue weighted by atomic mass is 10.3. The number of nitrogens with zero attached hydrogens (tertiary/aromatic N) is 1. The number of aromatic nitrogens is 1. The van der Waals surface area contributed by atoms with E-state index in [1.807, 2.05) is 0 Å². The number of sulfonamides is 1. The minimum Gasteiger partial charge on any atom is -0.378 e. The number of nitrogens with two attached hydrogens (primary N) is 1.